The van der Waals surface area contributed by atoms with Gasteiger partial charge in [-0.15, -0.1) is 6.58 Å². The molecule has 0 aromatic carbocycles. The van der Waals surface area contributed by atoms with Gasteiger partial charge in [0.2, 0.25) is 0 Å². The van der Waals surface area contributed by atoms with Crippen molar-refractivity contribution >= 4 is 6.09 Å². The van der Waals surface area contributed by atoms with E-state index >= 15 is 0 Å². The zero-order valence-corrected chi connectivity index (χ0v) is 16.2. The van der Waals surface area contributed by atoms with Crippen LogP contribution in [0.15, 0.2) is 24.3 Å². The van der Waals surface area contributed by atoms with E-state index < -0.39 is 29.1 Å². The van der Waals surface area contributed by atoms with Gasteiger partial charge in [0.05, 0.1) is 31.0 Å². The first-order valence-corrected chi connectivity index (χ1v) is 8.87. The summed E-state index contributed by atoms with van der Waals surface area (Å²) >= 11 is 0. The van der Waals surface area contributed by atoms with Crippen molar-refractivity contribution < 1.29 is 29.2 Å². The summed E-state index contributed by atoms with van der Waals surface area (Å²) in [5.41, 5.74) is -1.20. The molecule has 4 atom stereocenters. The molecule has 148 valence electrons. The maximum atomic E-state index is 12.4. The van der Waals surface area contributed by atoms with Crippen LogP contribution in [0, 0.1) is 5.92 Å². The molecule has 26 heavy (non-hydrogen) atoms. The first kappa shape index (κ1) is 20.9. The van der Waals surface area contributed by atoms with Crippen molar-refractivity contribution in [2.75, 3.05) is 13.2 Å². The molecule has 1 amide bonds. The first-order chi connectivity index (χ1) is 11.9. The topological polar surface area (TPSA) is 97.3 Å². The highest BCUT2D eigenvalue weighted by molar-refractivity contribution is 5.70. The summed E-state index contributed by atoms with van der Waals surface area (Å²) in [6.45, 7) is 12.9. The van der Waals surface area contributed by atoms with E-state index in [9.17, 15) is 15.0 Å². The van der Waals surface area contributed by atoms with Gasteiger partial charge in [-0.05, 0) is 46.6 Å². The average molecular weight is 369 g/mol. The normalized spacial score (nSPS) is 34.1. The molecule has 1 fully saturated rings. The molecule has 0 bridgehead atoms. The third-order valence-corrected chi connectivity index (χ3v) is 4.72. The maximum absolute atomic E-state index is 12.4. The third kappa shape index (κ3) is 4.46. The summed E-state index contributed by atoms with van der Waals surface area (Å²) in [6.07, 6.45) is 1.38. The minimum absolute atomic E-state index is 0.176. The van der Waals surface area contributed by atoms with Crippen molar-refractivity contribution in [3.8, 4) is 0 Å². The van der Waals surface area contributed by atoms with Crippen molar-refractivity contribution in [3.05, 3.63) is 24.3 Å². The Labute approximate surface area is 155 Å². The second kappa shape index (κ2) is 7.31. The number of aliphatic hydroxyl groups is 2. The lowest BCUT2D eigenvalue weighted by Gasteiger charge is -2.46. The lowest BCUT2D eigenvalue weighted by atomic mass is 9.69. The van der Waals surface area contributed by atoms with Gasteiger partial charge in [0.15, 0.2) is 5.79 Å². The predicted molar refractivity (Wildman–Crippen MR) is 96.5 cm³/mol. The molecule has 0 aromatic rings. The van der Waals surface area contributed by atoms with Gasteiger partial charge in [0.25, 0.3) is 0 Å². The van der Waals surface area contributed by atoms with Gasteiger partial charge < -0.3 is 29.7 Å². The monoisotopic (exact) mass is 369 g/mol. The first-order valence-electron chi connectivity index (χ1n) is 8.87. The SMILES string of the molecule is C=C[C@@]1(NC(=O)OC(C)(C)C)C([C@H]2COC(C)(C)O2)CC(CO)=C[C@H]1O. The van der Waals surface area contributed by atoms with Crippen LogP contribution in [0.5, 0.6) is 0 Å². The molecule has 1 aliphatic carbocycles. The van der Waals surface area contributed by atoms with Crippen LogP contribution in [0.1, 0.15) is 41.0 Å². The Balaban J connectivity index is 2.35. The summed E-state index contributed by atoms with van der Waals surface area (Å²) in [7, 11) is 0. The summed E-state index contributed by atoms with van der Waals surface area (Å²) < 4.78 is 17.0. The fraction of sp³-hybridized carbons (Fsp3) is 0.737. The number of amides is 1. The number of hydrogen-bond acceptors (Lipinski definition) is 6. The zero-order chi connectivity index (χ0) is 19.8. The Kier molecular flexibility index (Phi) is 5.87. The summed E-state index contributed by atoms with van der Waals surface area (Å²) in [4.78, 5) is 12.4. The van der Waals surface area contributed by atoms with Crippen molar-refractivity contribution in [1.29, 1.82) is 0 Å². The highest BCUT2D eigenvalue weighted by Crippen LogP contribution is 2.41. The lowest BCUT2D eigenvalue weighted by Crippen LogP contribution is -2.64. The standard InChI is InChI=1S/C19H31NO6/c1-7-19(20-16(23)26-17(2,3)4)13(8-12(10-21)9-15(19)22)14-11-24-18(5,6)25-14/h7,9,13-15,21-22H,1,8,10-11H2,2-6H3,(H,20,23)/t13?,14-,15-,19-/m1/s1. The number of rotatable bonds is 4. The second-order valence-electron chi connectivity index (χ2n) is 8.37. The Morgan fingerprint density at radius 2 is 2.15 bits per heavy atom. The van der Waals surface area contributed by atoms with E-state index in [4.69, 9.17) is 14.2 Å². The second-order valence-corrected chi connectivity index (χ2v) is 8.37. The fourth-order valence-electron chi connectivity index (χ4n) is 3.54. The minimum atomic E-state index is -1.20. The number of carbonyl (C=O) groups excluding carboxylic acids is 1. The Morgan fingerprint density at radius 3 is 2.62 bits per heavy atom. The molecular weight excluding hydrogens is 338 g/mol. The van der Waals surface area contributed by atoms with Crippen molar-refractivity contribution in [3.63, 3.8) is 0 Å². The maximum Gasteiger partial charge on any atom is 0.408 e. The highest BCUT2D eigenvalue weighted by Gasteiger charge is 2.53. The molecule has 2 rings (SSSR count). The number of carbonyl (C=O) groups is 1. The number of aliphatic hydroxyl groups excluding tert-OH is 2. The van der Waals surface area contributed by atoms with Gasteiger partial charge in [-0.25, -0.2) is 4.79 Å². The lowest BCUT2D eigenvalue weighted by molar-refractivity contribution is -0.150. The van der Waals surface area contributed by atoms with Crippen molar-refractivity contribution in [1.82, 2.24) is 5.32 Å². The van der Waals surface area contributed by atoms with Crippen molar-refractivity contribution in [2.45, 2.75) is 70.2 Å². The molecule has 7 heteroatoms. The molecule has 1 unspecified atom stereocenters. The molecule has 3 N–H and O–H groups in total. The van der Waals surface area contributed by atoms with Gasteiger partial charge >= 0.3 is 6.09 Å². The highest BCUT2D eigenvalue weighted by atomic mass is 16.7. The summed E-state index contributed by atoms with van der Waals surface area (Å²) in [5.74, 6) is -1.13. The third-order valence-electron chi connectivity index (χ3n) is 4.72. The molecule has 7 nitrogen and oxygen atoms in total. The zero-order valence-electron chi connectivity index (χ0n) is 16.2. The number of hydrogen-bond donors (Lipinski definition) is 3. The number of ether oxygens (including phenoxy) is 3. The van der Waals surface area contributed by atoms with E-state index in [0.29, 0.717) is 18.6 Å². The summed E-state index contributed by atoms with van der Waals surface area (Å²) in [5, 5.41) is 23.2. The molecule has 1 saturated heterocycles. The van der Waals surface area contributed by atoms with Gasteiger partial charge in [-0.2, -0.15) is 0 Å². The van der Waals surface area contributed by atoms with Gasteiger partial charge in [-0.1, -0.05) is 12.2 Å². The van der Waals surface area contributed by atoms with Gasteiger partial charge in [0, 0.05) is 5.92 Å². The Hall–Kier alpha value is -1.41. The van der Waals surface area contributed by atoms with Crippen LogP contribution in [0.2, 0.25) is 0 Å². The van der Waals surface area contributed by atoms with Crippen LogP contribution in [0.4, 0.5) is 4.79 Å². The van der Waals surface area contributed by atoms with Crippen LogP contribution in [0.3, 0.4) is 0 Å². The molecule has 0 saturated carbocycles. The number of alkyl carbamates (subject to hydrolysis) is 1. The molecule has 0 spiro atoms. The number of nitrogens with one attached hydrogen (secondary N) is 1. The van der Waals surface area contributed by atoms with Crippen LogP contribution in [-0.2, 0) is 14.2 Å². The Morgan fingerprint density at radius 1 is 1.50 bits per heavy atom. The molecule has 1 heterocycles. The smallest absolute Gasteiger partial charge is 0.408 e. The molecular formula is C19H31NO6. The molecule has 0 aromatic heterocycles. The van der Waals surface area contributed by atoms with E-state index in [2.05, 4.69) is 11.9 Å². The minimum Gasteiger partial charge on any atom is -0.444 e. The van der Waals surface area contributed by atoms with E-state index in [0.717, 1.165) is 0 Å². The van der Waals surface area contributed by atoms with Crippen LogP contribution in [0.25, 0.3) is 0 Å². The predicted octanol–water partition coefficient (Wildman–Crippen LogP) is 1.89. The largest absolute Gasteiger partial charge is 0.444 e. The molecule has 0 radical (unpaired) electrons. The van der Waals surface area contributed by atoms with E-state index in [1.165, 1.54) is 6.08 Å². The average Bonchev–Trinajstić information content (AvgIpc) is 2.86. The van der Waals surface area contributed by atoms with E-state index in [1.807, 2.05) is 13.8 Å². The van der Waals surface area contributed by atoms with Crippen LogP contribution >= 0.6 is 0 Å². The van der Waals surface area contributed by atoms with Crippen LogP contribution < -0.4 is 5.32 Å². The van der Waals surface area contributed by atoms with Crippen molar-refractivity contribution in [2.24, 2.45) is 5.92 Å². The van der Waals surface area contributed by atoms with E-state index in [-0.39, 0.29) is 18.6 Å². The Bertz CT molecular complexity index is 579. The van der Waals surface area contributed by atoms with Crippen LogP contribution in [-0.4, -0.2) is 58.7 Å². The van der Waals surface area contributed by atoms with Gasteiger partial charge in [-0.3, -0.25) is 0 Å². The fourth-order valence-corrected chi connectivity index (χ4v) is 3.54. The quantitative estimate of drug-likeness (QED) is 0.655. The van der Waals surface area contributed by atoms with E-state index in [1.54, 1.807) is 26.8 Å². The summed E-state index contributed by atoms with van der Waals surface area (Å²) in [6, 6.07) is 0. The molecule has 2 aliphatic rings. The molecule has 1 aliphatic heterocycles. The van der Waals surface area contributed by atoms with Gasteiger partial charge in [0.1, 0.15) is 5.60 Å².